The minimum absolute atomic E-state index is 0.105. The molecule has 3 aliphatic rings. The second-order valence-corrected chi connectivity index (χ2v) is 4.59. The number of fused-ring (bicyclic) bond motifs is 1. The van der Waals surface area contributed by atoms with Crippen molar-refractivity contribution >= 4 is 0 Å². The molecule has 1 aliphatic carbocycles. The van der Waals surface area contributed by atoms with E-state index in [-0.39, 0.29) is 5.92 Å². The molecule has 2 saturated heterocycles. The van der Waals surface area contributed by atoms with Gasteiger partial charge in [-0.25, -0.2) is 4.39 Å². The van der Waals surface area contributed by atoms with Crippen molar-refractivity contribution in [2.45, 2.75) is 25.1 Å². The Balaban J connectivity index is 1.90. The van der Waals surface area contributed by atoms with Gasteiger partial charge >= 0.3 is 0 Å². The smallest absolute Gasteiger partial charge is 0.170 e. The zero-order valence-corrected chi connectivity index (χ0v) is 8.16. The van der Waals surface area contributed by atoms with Gasteiger partial charge in [-0.3, -0.25) is 0 Å². The van der Waals surface area contributed by atoms with Crippen molar-refractivity contribution in [1.29, 1.82) is 0 Å². The summed E-state index contributed by atoms with van der Waals surface area (Å²) in [7, 11) is 0. The van der Waals surface area contributed by atoms with Crippen LogP contribution < -0.4 is 5.32 Å². The standard InChI is InChI=1S/C11H14FNO/c1-11(12,9-3-2-4-14-9)10-7-5-8(10)13-6-7/h2-4,7-8,10,13H,5-6H2,1H3. The first-order valence-electron chi connectivity index (χ1n) is 5.16. The summed E-state index contributed by atoms with van der Waals surface area (Å²) >= 11 is 0. The fourth-order valence-corrected chi connectivity index (χ4v) is 3.02. The van der Waals surface area contributed by atoms with Crippen LogP contribution in [-0.4, -0.2) is 12.6 Å². The zero-order chi connectivity index (χ0) is 9.76. The maximum atomic E-state index is 14.5. The van der Waals surface area contributed by atoms with Crippen LogP contribution in [0.5, 0.6) is 0 Å². The van der Waals surface area contributed by atoms with Gasteiger partial charge in [0.15, 0.2) is 5.67 Å². The third-order valence-electron chi connectivity index (χ3n) is 3.77. The lowest BCUT2D eigenvalue weighted by molar-refractivity contribution is -0.00782. The molecule has 76 valence electrons. The molecular weight excluding hydrogens is 181 g/mol. The van der Waals surface area contributed by atoms with Gasteiger partial charge in [0.05, 0.1) is 6.26 Å². The molecule has 4 unspecified atom stereocenters. The van der Waals surface area contributed by atoms with Gasteiger partial charge in [0, 0.05) is 12.0 Å². The van der Waals surface area contributed by atoms with Gasteiger partial charge in [0.25, 0.3) is 0 Å². The molecule has 3 fully saturated rings. The molecule has 1 aromatic rings. The summed E-state index contributed by atoms with van der Waals surface area (Å²) in [5.74, 6) is 1.08. The summed E-state index contributed by atoms with van der Waals surface area (Å²) in [6.45, 7) is 2.61. The van der Waals surface area contributed by atoms with Crippen molar-refractivity contribution in [1.82, 2.24) is 5.32 Å². The van der Waals surface area contributed by atoms with Crippen molar-refractivity contribution in [3.63, 3.8) is 0 Å². The topological polar surface area (TPSA) is 25.2 Å². The van der Waals surface area contributed by atoms with E-state index in [1.807, 2.05) is 0 Å². The number of alkyl halides is 1. The highest BCUT2D eigenvalue weighted by Crippen LogP contribution is 2.52. The van der Waals surface area contributed by atoms with E-state index in [1.54, 1.807) is 25.3 Å². The second-order valence-electron chi connectivity index (χ2n) is 4.59. The van der Waals surface area contributed by atoms with Crippen LogP contribution in [0.3, 0.4) is 0 Å². The SMILES string of the molecule is CC(F)(c1ccco1)C1C2CNC1C2. The molecule has 1 N–H and O–H groups in total. The minimum atomic E-state index is -1.30. The van der Waals surface area contributed by atoms with Crippen molar-refractivity contribution in [2.75, 3.05) is 6.54 Å². The van der Waals surface area contributed by atoms with E-state index in [4.69, 9.17) is 4.42 Å². The molecule has 2 aliphatic heterocycles. The van der Waals surface area contributed by atoms with Gasteiger partial charge in [0.1, 0.15) is 5.76 Å². The summed E-state index contributed by atoms with van der Waals surface area (Å²) < 4.78 is 19.7. The summed E-state index contributed by atoms with van der Waals surface area (Å²) in [6.07, 6.45) is 2.67. The molecule has 2 bridgehead atoms. The van der Waals surface area contributed by atoms with Gasteiger partial charge in [-0.2, -0.15) is 0 Å². The minimum Gasteiger partial charge on any atom is -0.466 e. The average molecular weight is 195 g/mol. The van der Waals surface area contributed by atoms with E-state index in [2.05, 4.69) is 5.32 Å². The highest BCUT2D eigenvalue weighted by Gasteiger charge is 2.57. The maximum absolute atomic E-state index is 14.5. The third-order valence-corrected chi connectivity index (χ3v) is 3.77. The van der Waals surface area contributed by atoms with Crippen LogP contribution in [0, 0.1) is 11.8 Å². The lowest BCUT2D eigenvalue weighted by atomic mass is 9.65. The number of rotatable bonds is 2. The molecule has 1 aromatic heterocycles. The first kappa shape index (κ1) is 8.48. The number of hydrogen-bond acceptors (Lipinski definition) is 2. The van der Waals surface area contributed by atoms with Crippen LogP contribution in [-0.2, 0) is 5.67 Å². The Kier molecular flexibility index (Phi) is 1.57. The first-order valence-corrected chi connectivity index (χ1v) is 5.16. The van der Waals surface area contributed by atoms with Gasteiger partial charge in [-0.1, -0.05) is 0 Å². The molecule has 0 amide bonds. The van der Waals surface area contributed by atoms with E-state index in [9.17, 15) is 4.39 Å². The van der Waals surface area contributed by atoms with E-state index in [0.717, 1.165) is 13.0 Å². The van der Waals surface area contributed by atoms with Gasteiger partial charge in [-0.05, 0) is 37.9 Å². The molecule has 1 saturated carbocycles. The quantitative estimate of drug-likeness (QED) is 0.781. The van der Waals surface area contributed by atoms with Crippen LogP contribution in [0.15, 0.2) is 22.8 Å². The highest BCUT2D eigenvalue weighted by atomic mass is 19.1. The normalized spacial score (nSPS) is 39.1. The van der Waals surface area contributed by atoms with Crippen molar-refractivity contribution in [3.8, 4) is 0 Å². The molecule has 0 radical (unpaired) electrons. The Hall–Kier alpha value is -0.830. The van der Waals surface area contributed by atoms with Gasteiger partial charge in [0.2, 0.25) is 0 Å². The summed E-state index contributed by atoms with van der Waals surface area (Å²) in [6, 6.07) is 3.85. The maximum Gasteiger partial charge on any atom is 0.170 e. The Morgan fingerprint density at radius 1 is 1.64 bits per heavy atom. The number of nitrogens with one attached hydrogen (secondary N) is 1. The Morgan fingerprint density at radius 2 is 2.50 bits per heavy atom. The molecule has 3 heterocycles. The highest BCUT2D eigenvalue weighted by molar-refractivity contribution is 5.18. The van der Waals surface area contributed by atoms with Gasteiger partial charge < -0.3 is 9.73 Å². The van der Waals surface area contributed by atoms with E-state index in [0.29, 0.717) is 17.7 Å². The second kappa shape index (κ2) is 2.60. The van der Waals surface area contributed by atoms with Crippen molar-refractivity contribution in [3.05, 3.63) is 24.2 Å². The Bertz CT molecular complexity index is 319. The first-order chi connectivity index (χ1) is 6.69. The number of hydrogen-bond donors (Lipinski definition) is 1. The lowest BCUT2D eigenvalue weighted by Gasteiger charge is -2.41. The van der Waals surface area contributed by atoms with Crippen LogP contribution in [0.25, 0.3) is 0 Å². The monoisotopic (exact) mass is 195 g/mol. The average Bonchev–Trinajstić information content (AvgIpc) is 2.81. The molecular formula is C11H14FNO. The molecule has 2 nitrogen and oxygen atoms in total. The number of halogens is 1. The fraction of sp³-hybridized carbons (Fsp3) is 0.636. The van der Waals surface area contributed by atoms with Crippen LogP contribution >= 0.6 is 0 Å². The van der Waals surface area contributed by atoms with Crippen molar-refractivity contribution < 1.29 is 8.81 Å². The molecule has 4 atom stereocenters. The van der Waals surface area contributed by atoms with Gasteiger partial charge in [-0.15, -0.1) is 0 Å². The van der Waals surface area contributed by atoms with E-state index < -0.39 is 5.67 Å². The molecule has 14 heavy (non-hydrogen) atoms. The van der Waals surface area contributed by atoms with E-state index in [1.165, 1.54) is 0 Å². The number of furan rings is 1. The lowest BCUT2D eigenvalue weighted by Crippen LogP contribution is -2.47. The van der Waals surface area contributed by atoms with E-state index >= 15 is 0 Å². The van der Waals surface area contributed by atoms with Crippen molar-refractivity contribution in [2.24, 2.45) is 11.8 Å². The zero-order valence-electron chi connectivity index (χ0n) is 8.16. The summed E-state index contributed by atoms with van der Waals surface area (Å²) in [4.78, 5) is 0. The van der Waals surface area contributed by atoms with Crippen LogP contribution in [0.1, 0.15) is 19.1 Å². The molecule has 0 aromatic carbocycles. The molecule has 0 spiro atoms. The molecule has 4 rings (SSSR count). The fourth-order valence-electron chi connectivity index (χ4n) is 3.02. The van der Waals surface area contributed by atoms with Crippen LogP contribution in [0.4, 0.5) is 4.39 Å². The Labute approximate surface area is 82.5 Å². The molecule has 3 heteroatoms. The predicted octanol–water partition coefficient (Wildman–Crippen LogP) is 2.07. The third kappa shape index (κ3) is 0.934. The summed E-state index contributed by atoms with van der Waals surface area (Å²) in [5.41, 5.74) is -1.30. The summed E-state index contributed by atoms with van der Waals surface area (Å²) in [5, 5.41) is 3.33. The predicted molar refractivity (Wildman–Crippen MR) is 50.6 cm³/mol. The largest absolute Gasteiger partial charge is 0.466 e. The Morgan fingerprint density at radius 3 is 3.00 bits per heavy atom. The van der Waals surface area contributed by atoms with Crippen LogP contribution in [0.2, 0.25) is 0 Å².